The van der Waals surface area contributed by atoms with Crippen LogP contribution in [0.5, 0.6) is 0 Å². The Balaban J connectivity index is 2.13. The second kappa shape index (κ2) is 5.89. The number of rotatable bonds is 3. The molecule has 2 fully saturated rings. The number of ether oxygens (including phenoxy) is 3. The molecule has 2 heterocycles. The molecule has 4 atom stereocenters. The zero-order valence-electron chi connectivity index (χ0n) is 11.2. The van der Waals surface area contributed by atoms with Crippen molar-refractivity contribution >= 4 is 19.1 Å². The van der Waals surface area contributed by atoms with Crippen LogP contribution in [0.3, 0.4) is 0 Å². The highest BCUT2D eigenvalue weighted by Crippen LogP contribution is 2.30. The third-order valence-electron chi connectivity index (χ3n) is 2.94. The third-order valence-corrected chi connectivity index (χ3v) is 2.94. The second-order valence-corrected chi connectivity index (χ2v) is 4.50. The average Bonchev–Trinajstić information content (AvgIpc) is 2.31. The normalized spacial score (nSPS) is 33.7. The van der Waals surface area contributed by atoms with Crippen LogP contribution in [0.15, 0.2) is 0 Å². The van der Waals surface area contributed by atoms with Gasteiger partial charge in [0.1, 0.15) is 12.2 Å². The van der Waals surface area contributed by atoms with Crippen LogP contribution < -0.4 is 0 Å². The molecule has 2 rings (SSSR count). The number of fused-ring (bicyclic) bond motifs is 2. The van der Waals surface area contributed by atoms with Gasteiger partial charge in [0, 0.05) is 13.8 Å². The Morgan fingerprint density at radius 3 is 2.47 bits per heavy atom. The summed E-state index contributed by atoms with van der Waals surface area (Å²) >= 11 is 0. The molecule has 0 N–H and O–H groups in total. The molecule has 8 heteroatoms. The zero-order valence-corrected chi connectivity index (χ0v) is 11.2. The number of carbonyl (C=O) groups is 2. The van der Waals surface area contributed by atoms with Gasteiger partial charge in [-0.05, 0) is 6.32 Å². The summed E-state index contributed by atoms with van der Waals surface area (Å²) in [5, 5.41) is 0. The fourth-order valence-corrected chi connectivity index (χ4v) is 2.20. The van der Waals surface area contributed by atoms with Crippen LogP contribution in [0.1, 0.15) is 20.8 Å². The van der Waals surface area contributed by atoms with Gasteiger partial charge in [0.25, 0.3) is 0 Å². The standard InChI is InChI=1S/C11H17BO7/c1-4-12-18-8-5-15-11(17-7(3)14)10(19-12)9(8)16-6(2)13/h8-11H,4-5H2,1-3H3/t8-,9-,10+,11-/m0/s1. The summed E-state index contributed by atoms with van der Waals surface area (Å²) in [6.45, 7) is 4.69. The van der Waals surface area contributed by atoms with E-state index in [2.05, 4.69) is 0 Å². The minimum Gasteiger partial charge on any atom is -0.457 e. The number of hydrogen-bond donors (Lipinski definition) is 0. The van der Waals surface area contributed by atoms with Crippen molar-refractivity contribution in [2.45, 2.75) is 51.7 Å². The maximum atomic E-state index is 11.1. The molecule has 7 nitrogen and oxygen atoms in total. The van der Waals surface area contributed by atoms with Gasteiger partial charge in [-0.1, -0.05) is 6.92 Å². The predicted octanol–water partition coefficient (Wildman–Crippen LogP) is 0.130. The number of carbonyl (C=O) groups excluding carboxylic acids is 2. The van der Waals surface area contributed by atoms with Crippen molar-refractivity contribution in [2.24, 2.45) is 0 Å². The van der Waals surface area contributed by atoms with Crippen molar-refractivity contribution in [1.29, 1.82) is 0 Å². The smallest absolute Gasteiger partial charge is 0.457 e. The van der Waals surface area contributed by atoms with Crippen LogP contribution in [0.25, 0.3) is 0 Å². The lowest BCUT2D eigenvalue weighted by molar-refractivity contribution is -0.277. The molecule has 19 heavy (non-hydrogen) atoms. The maximum Gasteiger partial charge on any atom is 0.457 e. The summed E-state index contributed by atoms with van der Waals surface area (Å²) in [5.74, 6) is -0.918. The summed E-state index contributed by atoms with van der Waals surface area (Å²) in [5.41, 5.74) is 0. The molecule has 0 saturated carbocycles. The monoisotopic (exact) mass is 272 g/mol. The van der Waals surface area contributed by atoms with Crippen molar-refractivity contribution < 1.29 is 33.1 Å². The van der Waals surface area contributed by atoms with Crippen molar-refractivity contribution in [3.63, 3.8) is 0 Å². The lowest BCUT2D eigenvalue weighted by Crippen LogP contribution is -2.64. The first kappa shape index (κ1) is 14.3. The summed E-state index contributed by atoms with van der Waals surface area (Å²) in [7, 11) is -0.413. The van der Waals surface area contributed by atoms with Crippen molar-refractivity contribution in [1.82, 2.24) is 0 Å². The molecule has 0 spiro atoms. The maximum absolute atomic E-state index is 11.1. The van der Waals surface area contributed by atoms with Gasteiger partial charge < -0.3 is 23.5 Å². The molecule has 0 amide bonds. The van der Waals surface area contributed by atoms with E-state index in [9.17, 15) is 9.59 Å². The largest absolute Gasteiger partial charge is 0.457 e. The average molecular weight is 272 g/mol. The minimum atomic E-state index is -0.879. The van der Waals surface area contributed by atoms with Gasteiger partial charge in [-0.3, -0.25) is 9.59 Å². The van der Waals surface area contributed by atoms with Gasteiger partial charge in [-0.15, -0.1) is 0 Å². The van der Waals surface area contributed by atoms with Crippen molar-refractivity contribution in [2.75, 3.05) is 6.61 Å². The molecule has 2 aliphatic rings. The van der Waals surface area contributed by atoms with Gasteiger partial charge in [-0.2, -0.15) is 0 Å². The summed E-state index contributed by atoms with van der Waals surface area (Å²) in [4.78, 5) is 22.2. The Bertz CT molecular complexity index is 361. The SMILES string of the molecule is CCB1O[C@H]2[C@H](OC(C)=O)OC[C@H](O1)[C@@H]2OC(C)=O. The topological polar surface area (TPSA) is 80.3 Å². The number of esters is 2. The first-order chi connectivity index (χ1) is 9.01. The van der Waals surface area contributed by atoms with Crippen LogP contribution in [-0.2, 0) is 33.1 Å². The van der Waals surface area contributed by atoms with E-state index in [4.69, 9.17) is 23.5 Å². The van der Waals surface area contributed by atoms with Crippen LogP contribution >= 0.6 is 0 Å². The number of hydrogen-bond acceptors (Lipinski definition) is 7. The predicted molar refractivity (Wildman–Crippen MR) is 63.0 cm³/mol. The molecule has 0 aromatic rings. The lowest BCUT2D eigenvalue weighted by atomic mass is 9.81. The Hall–Kier alpha value is -1.12. The fraction of sp³-hybridized carbons (Fsp3) is 0.818. The summed E-state index contributed by atoms with van der Waals surface area (Å²) in [6, 6.07) is 0. The van der Waals surface area contributed by atoms with E-state index < -0.39 is 43.7 Å². The van der Waals surface area contributed by atoms with Crippen LogP contribution in [0, 0.1) is 0 Å². The Morgan fingerprint density at radius 1 is 1.21 bits per heavy atom. The minimum absolute atomic E-state index is 0.187. The van der Waals surface area contributed by atoms with Gasteiger partial charge in [-0.25, -0.2) is 0 Å². The highest BCUT2D eigenvalue weighted by Gasteiger charge is 2.51. The van der Waals surface area contributed by atoms with E-state index in [1.807, 2.05) is 6.92 Å². The van der Waals surface area contributed by atoms with Crippen molar-refractivity contribution in [3.8, 4) is 0 Å². The summed E-state index contributed by atoms with van der Waals surface area (Å²) in [6.07, 6.45) is -1.92. The fourth-order valence-electron chi connectivity index (χ4n) is 2.20. The molecule has 0 aromatic carbocycles. The van der Waals surface area contributed by atoms with Crippen LogP contribution in [0.2, 0.25) is 6.32 Å². The highest BCUT2D eigenvalue weighted by molar-refractivity contribution is 6.44. The molecule has 2 saturated heterocycles. The van der Waals surface area contributed by atoms with Crippen molar-refractivity contribution in [3.05, 3.63) is 0 Å². The second-order valence-electron chi connectivity index (χ2n) is 4.50. The van der Waals surface area contributed by atoms with E-state index in [1.165, 1.54) is 13.8 Å². The Morgan fingerprint density at radius 2 is 1.89 bits per heavy atom. The van der Waals surface area contributed by atoms with E-state index in [-0.39, 0.29) is 6.61 Å². The molecule has 2 aliphatic heterocycles. The Labute approximate surface area is 111 Å². The van der Waals surface area contributed by atoms with Gasteiger partial charge in [0.05, 0.1) is 6.61 Å². The quantitative estimate of drug-likeness (QED) is 0.533. The zero-order chi connectivity index (χ0) is 14.0. The lowest BCUT2D eigenvalue weighted by Gasteiger charge is -2.46. The Kier molecular flexibility index (Phi) is 4.44. The summed E-state index contributed by atoms with van der Waals surface area (Å²) < 4.78 is 26.9. The van der Waals surface area contributed by atoms with Crippen LogP contribution in [0.4, 0.5) is 0 Å². The van der Waals surface area contributed by atoms with E-state index in [0.29, 0.717) is 6.32 Å². The highest BCUT2D eigenvalue weighted by atomic mass is 16.8. The molecule has 0 radical (unpaired) electrons. The van der Waals surface area contributed by atoms with E-state index >= 15 is 0 Å². The molecule has 2 bridgehead atoms. The molecule has 0 aromatic heterocycles. The third kappa shape index (κ3) is 3.26. The molecule has 106 valence electrons. The van der Waals surface area contributed by atoms with Gasteiger partial charge in [0.15, 0.2) is 6.10 Å². The molecule has 0 unspecified atom stereocenters. The molecular formula is C11H17BO7. The van der Waals surface area contributed by atoms with E-state index in [0.717, 1.165) is 0 Å². The molecule has 0 aliphatic carbocycles. The first-order valence-corrected chi connectivity index (χ1v) is 6.28. The van der Waals surface area contributed by atoms with Gasteiger partial charge >= 0.3 is 19.1 Å². The van der Waals surface area contributed by atoms with E-state index in [1.54, 1.807) is 0 Å². The van der Waals surface area contributed by atoms with Crippen LogP contribution in [-0.4, -0.2) is 50.3 Å². The van der Waals surface area contributed by atoms with Gasteiger partial charge in [0.2, 0.25) is 6.29 Å². The molecular weight excluding hydrogens is 255 g/mol. The first-order valence-electron chi connectivity index (χ1n) is 6.28.